The standard InChI is InChI=1S/C23H30O5/c1-3-27-18(25)6-9-22-17-10-14(17)19-15-12-21(26)11-13(24)4-7-20(21,2)16(15)5-8-23(19,22)28-22/h13-17,19,24,26H,3-5,7-8,10-12H2,1-2H3. The van der Waals surface area contributed by atoms with E-state index in [9.17, 15) is 15.0 Å². The van der Waals surface area contributed by atoms with Crippen molar-refractivity contribution < 1.29 is 24.5 Å². The molecule has 0 aromatic carbocycles. The molecule has 6 rings (SSSR count). The maximum Gasteiger partial charge on any atom is 0.384 e. The van der Waals surface area contributed by atoms with Crippen LogP contribution in [0.25, 0.3) is 0 Å². The Morgan fingerprint density at radius 2 is 2.04 bits per heavy atom. The van der Waals surface area contributed by atoms with Crippen LogP contribution in [0.2, 0.25) is 0 Å². The zero-order valence-electron chi connectivity index (χ0n) is 16.7. The van der Waals surface area contributed by atoms with Crippen LogP contribution in [-0.2, 0) is 14.3 Å². The molecule has 10 unspecified atom stereocenters. The highest BCUT2D eigenvalue weighted by Crippen LogP contribution is 2.83. The first-order valence-electron chi connectivity index (χ1n) is 11.1. The lowest BCUT2D eigenvalue weighted by Gasteiger charge is -2.50. The van der Waals surface area contributed by atoms with Gasteiger partial charge >= 0.3 is 5.97 Å². The molecule has 6 aliphatic rings. The van der Waals surface area contributed by atoms with Crippen molar-refractivity contribution in [3.05, 3.63) is 0 Å². The van der Waals surface area contributed by atoms with Crippen LogP contribution in [0, 0.1) is 46.8 Å². The molecule has 1 heterocycles. The Kier molecular flexibility index (Phi) is 3.26. The van der Waals surface area contributed by atoms with Gasteiger partial charge in [-0.1, -0.05) is 12.8 Å². The Morgan fingerprint density at radius 3 is 2.82 bits per heavy atom. The van der Waals surface area contributed by atoms with Gasteiger partial charge in [-0.25, -0.2) is 4.79 Å². The summed E-state index contributed by atoms with van der Waals surface area (Å²) < 4.78 is 11.4. The molecule has 0 radical (unpaired) electrons. The fourth-order valence-corrected chi connectivity index (χ4v) is 8.55. The topological polar surface area (TPSA) is 79.3 Å². The quantitative estimate of drug-likeness (QED) is 0.312. The predicted molar refractivity (Wildman–Crippen MR) is 99.8 cm³/mol. The number of aliphatic hydroxyl groups excluding tert-OH is 1. The SMILES string of the molecule is CCOC(=O)C#CC12OC13CCC1C(CC4(O)CC(O)CCC14C)C3C1CC12. The Morgan fingerprint density at radius 1 is 1.21 bits per heavy atom. The molecule has 5 saturated carbocycles. The number of epoxide rings is 1. The van der Waals surface area contributed by atoms with Crippen molar-refractivity contribution in [3.8, 4) is 11.8 Å². The summed E-state index contributed by atoms with van der Waals surface area (Å²) in [6, 6.07) is 0. The van der Waals surface area contributed by atoms with Gasteiger partial charge in [-0.2, -0.15) is 0 Å². The molecule has 0 aromatic rings. The first-order chi connectivity index (χ1) is 13.3. The maximum atomic E-state index is 11.8. The van der Waals surface area contributed by atoms with Gasteiger partial charge in [-0.05, 0) is 74.5 Å². The van der Waals surface area contributed by atoms with Gasteiger partial charge in [0.25, 0.3) is 0 Å². The van der Waals surface area contributed by atoms with Gasteiger partial charge in [0, 0.05) is 18.3 Å². The second kappa shape index (κ2) is 5.14. The first kappa shape index (κ1) is 17.7. The van der Waals surface area contributed by atoms with E-state index in [-0.39, 0.29) is 17.1 Å². The van der Waals surface area contributed by atoms with Crippen LogP contribution in [0.4, 0.5) is 0 Å². The molecule has 1 spiro atoms. The lowest BCUT2D eigenvalue weighted by atomic mass is 9.57. The van der Waals surface area contributed by atoms with Gasteiger partial charge in [-0.15, -0.1) is 0 Å². The third kappa shape index (κ3) is 1.84. The molecule has 6 fully saturated rings. The van der Waals surface area contributed by atoms with Crippen molar-refractivity contribution in [3.63, 3.8) is 0 Å². The summed E-state index contributed by atoms with van der Waals surface area (Å²) in [7, 11) is 0. The highest BCUT2D eigenvalue weighted by Gasteiger charge is 2.90. The molecule has 1 aliphatic heterocycles. The van der Waals surface area contributed by atoms with Gasteiger partial charge in [0.05, 0.1) is 18.3 Å². The molecule has 0 bridgehead atoms. The highest BCUT2D eigenvalue weighted by atomic mass is 16.6. The number of hydrogen-bond acceptors (Lipinski definition) is 5. The van der Waals surface area contributed by atoms with Crippen molar-refractivity contribution in [1.82, 2.24) is 0 Å². The third-order valence-electron chi connectivity index (χ3n) is 9.75. The van der Waals surface area contributed by atoms with Crippen molar-refractivity contribution in [2.24, 2.45) is 35.0 Å². The first-order valence-corrected chi connectivity index (χ1v) is 11.1. The fourth-order valence-electron chi connectivity index (χ4n) is 8.55. The number of carbonyl (C=O) groups excluding carboxylic acids is 1. The van der Waals surface area contributed by atoms with E-state index in [0.29, 0.717) is 42.6 Å². The van der Waals surface area contributed by atoms with Gasteiger partial charge in [0.1, 0.15) is 5.60 Å². The number of fused-ring (bicyclic) bond motifs is 7. The lowest BCUT2D eigenvalue weighted by Crippen LogP contribution is -2.51. The normalized spacial score (nSPS) is 59.6. The average molecular weight is 386 g/mol. The second-order valence-electron chi connectivity index (χ2n) is 10.6. The Labute approximate surface area is 166 Å². The largest absolute Gasteiger partial charge is 0.456 e. The Bertz CT molecular complexity index is 814. The summed E-state index contributed by atoms with van der Waals surface area (Å²) in [6.45, 7) is 4.40. The van der Waals surface area contributed by atoms with E-state index in [4.69, 9.17) is 9.47 Å². The van der Waals surface area contributed by atoms with Crippen LogP contribution in [0.1, 0.15) is 58.8 Å². The van der Waals surface area contributed by atoms with Crippen LogP contribution in [0.15, 0.2) is 0 Å². The summed E-state index contributed by atoms with van der Waals surface area (Å²) in [5.74, 6) is 7.91. The zero-order valence-corrected chi connectivity index (χ0v) is 16.7. The van der Waals surface area contributed by atoms with Crippen molar-refractivity contribution in [2.75, 3.05) is 6.61 Å². The molecule has 5 heteroatoms. The molecular formula is C23H30O5. The smallest absolute Gasteiger partial charge is 0.384 e. The predicted octanol–water partition coefficient (Wildman–Crippen LogP) is 2.04. The molecule has 5 aliphatic carbocycles. The molecule has 1 saturated heterocycles. The van der Waals surface area contributed by atoms with Crippen LogP contribution >= 0.6 is 0 Å². The van der Waals surface area contributed by atoms with Crippen molar-refractivity contribution >= 4 is 5.97 Å². The minimum atomic E-state index is -0.757. The zero-order chi connectivity index (χ0) is 19.5. The van der Waals surface area contributed by atoms with E-state index in [1.54, 1.807) is 6.92 Å². The van der Waals surface area contributed by atoms with E-state index in [1.807, 2.05) is 0 Å². The van der Waals surface area contributed by atoms with Gasteiger partial charge in [-0.3, -0.25) is 0 Å². The fraction of sp³-hybridized carbons (Fsp3) is 0.870. The van der Waals surface area contributed by atoms with E-state index >= 15 is 0 Å². The number of aliphatic hydroxyl groups is 2. The number of rotatable bonds is 1. The van der Waals surface area contributed by atoms with Gasteiger partial charge in [0.15, 0.2) is 5.60 Å². The number of hydrogen-bond donors (Lipinski definition) is 2. The molecular weight excluding hydrogens is 356 g/mol. The molecule has 5 nitrogen and oxygen atoms in total. The van der Waals surface area contributed by atoms with E-state index in [1.165, 1.54) is 0 Å². The molecule has 0 aromatic heterocycles. The summed E-state index contributed by atoms with van der Waals surface area (Å²) in [5, 5.41) is 21.8. The molecule has 0 amide bonds. The summed E-state index contributed by atoms with van der Waals surface area (Å²) in [4.78, 5) is 11.8. The van der Waals surface area contributed by atoms with Gasteiger partial charge < -0.3 is 19.7 Å². The highest BCUT2D eigenvalue weighted by molar-refractivity contribution is 5.89. The van der Waals surface area contributed by atoms with E-state index < -0.39 is 17.2 Å². The van der Waals surface area contributed by atoms with Crippen LogP contribution < -0.4 is 0 Å². The summed E-state index contributed by atoms with van der Waals surface area (Å²) in [6.07, 6.45) is 5.80. The van der Waals surface area contributed by atoms with Crippen LogP contribution in [0.3, 0.4) is 0 Å². The summed E-state index contributed by atoms with van der Waals surface area (Å²) >= 11 is 0. The van der Waals surface area contributed by atoms with E-state index in [0.717, 1.165) is 38.5 Å². The third-order valence-corrected chi connectivity index (χ3v) is 9.75. The van der Waals surface area contributed by atoms with E-state index in [2.05, 4.69) is 18.8 Å². The van der Waals surface area contributed by atoms with Crippen LogP contribution in [-0.4, -0.2) is 45.7 Å². The second-order valence-corrected chi connectivity index (χ2v) is 10.6. The maximum absolute atomic E-state index is 11.8. The minimum Gasteiger partial charge on any atom is -0.456 e. The number of carbonyl (C=O) groups is 1. The lowest BCUT2D eigenvalue weighted by molar-refractivity contribution is -0.136. The Hall–Kier alpha value is -1.09. The minimum absolute atomic E-state index is 0.0976. The molecule has 152 valence electrons. The van der Waals surface area contributed by atoms with Crippen LogP contribution in [0.5, 0.6) is 0 Å². The molecule has 2 N–H and O–H groups in total. The average Bonchev–Trinajstić information content (AvgIpc) is 3.51. The number of esters is 1. The van der Waals surface area contributed by atoms with Crippen molar-refractivity contribution in [2.45, 2.75) is 81.7 Å². The Balaban J connectivity index is 1.33. The molecule has 10 atom stereocenters. The monoisotopic (exact) mass is 386 g/mol. The summed E-state index contributed by atoms with van der Waals surface area (Å²) in [5.41, 5.74) is -1.51. The number of ether oxygens (including phenoxy) is 2. The molecule has 28 heavy (non-hydrogen) atoms. The van der Waals surface area contributed by atoms with Gasteiger partial charge in [0.2, 0.25) is 0 Å². The van der Waals surface area contributed by atoms with Crippen molar-refractivity contribution in [1.29, 1.82) is 0 Å².